The number of nitrogens with one attached hydrogen (secondary N) is 1. The lowest BCUT2D eigenvalue weighted by molar-refractivity contribution is 0.0351. The first kappa shape index (κ1) is 27.4. The monoisotopic (exact) mass is 486 g/mol. The number of anilines is 1. The van der Waals surface area contributed by atoms with Crippen LogP contribution in [0.3, 0.4) is 0 Å². The van der Waals surface area contributed by atoms with Crippen molar-refractivity contribution in [3.63, 3.8) is 0 Å². The number of piperidine rings is 1. The second-order valence-corrected chi connectivity index (χ2v) is 7.70. The van der Waals surface area contributed by atoms with Crippen LogP contribution in [0.5, 0.6) is 11.6 Å². The molecule has 1 aliphatic rings. The van der Waals surface area contributed by atoms with Crippen molar-refractivity contribution < 1.29 is 23.8 Å². The maximum Gasteiger partial charge on any atom is 0.347 e. The molecule has 3 rings (SSSR count). The van der Waals surface area contributed by atoms with E-state index < -0.39 is 5.97 Å². The molecule has 2 heterocycles. The number of amides is 1. The molecule has 2 aromatic rings. The Kier molecular flexibility index (Phi) is 10.3. The third-order valence-corrected chi connectivity index (χ3v) is 5.45. The molecule has 6 N–H and O–H groups in total. The summed E-state index contributed by atoms with van der Waals surface area (Å²) in [7, 11) is 0. The summed E-state index contributed by atoms with van der Waals surface area (Å²) in [6.07, 6.45) is 3.72. The number of carbonyl (C=O) groups is 2. The molecule has 1 aromatic carbocycles. The first-order valence-corrected chi connectivity index (χ1v) is 11.3. The minimum atomic E-state index is -0.563. The summed E-state index contributed by atoms with van der Waals surface area (Å²) in [5.41, 5.74) is 9.30. The largest absolute Gasteiger partial charge is 0.493 e. The third-order valence-electron chi connectivity index (χ3n) is 5.45. The molecule has 1 aromatic heterocycles. The lowest BCUT2D eigenvalue weighted by atomic mass is 9.99. The molecule has 1 fully saturated rings. The van der Waals surface area contributed by atoms with Gasteiger partial charge >= 0.3 is 5.97 Å². The molecule has 1 saturated heterocycles. The molecule has 2 atom stereocenters. The zero-order valence-electron chi connectivity index (χ0n) is 20.4. The van der Waals surface area contributed by atoms with Crippen molar-refractivity contribution in [1.29, 1.82) is 0 Å². The number of pyridine rings is 1. The van der Waals surface area contributed by atoms with Crippen LogP contribution in [0.2, 0.25) is 0 Å². The number of rotatable bonds is 9. The number of hydrogen-bond donors (Lipinski definition) is 3. The maximum atomic E-state index is 13.4. The van der Waals surface area contributed by atoms with Gasteiger partial charge in [-0.1, -0.05) is 12.1 Å². The van der Waals surface area contributed by atoms with Crippen LogP contribution in [0, 0.1) is 0 Å². The van der Waals surface area contributed by atoms with E-state index in [0.29, 0.717) is 36.6 Å². The van der Waals surface area contributed by atoms with E-state index in [-0.39, 0.29) is 42.3 Å². The number of hydrazone groups is 1. The Morgan fingerprint density at radius 1 is 1.23 bits per heavy atom. The predicted molar refractivity (Wildman–Crippen MR) is 133 cm³/mol. The standard InChI is InChI=1S/C24H31N5O5.H3N/c1-4-32-20-12-13-26-22(21(20)24(31)33-5-2)34-17-11-10-16(3)29(14-17)23(30)18-8-6-7-9-19(18)28-27-15-25;/h6-9,12-13,15-17,28H,4-5,10-11,14H2,1-3H3,(H2,25,27);1H3/t16-,17-;/m1./s1. The molecule has 11 heteroatoms. The van der Waals surface area contributed by atoms with Gasteiger partial charge in [-0.25, -0.2) is 9.78 Å². The van der Waals surface area contributed by atoms with Crippen LogP contribution in [0.25, 0.3) is 0 Å². The van der Waals surface area contributed by atoms with Gasteiger partial charge in [0.15, 0.2) is 5.56 Å². The van der Waals surface area contributed by atoms with Gasteiger partial charge in [0.25, 0.3) is 5.91 Å². The molecule has 35 heavy (non-hydrogen) atoms. The second kappa shape index (κ2) is 13.1. The fourth-order valence-electron chi connectivity index (χ4n) is 3.82. The number of benzene rings is 1. The van der Waals surface area contributed by atoms with E-state index in [1.165, 1.54) is 6.20 Å². The lowest BCUT2D eigenvalue weighted by Gasteiger charge is -2.38. The summed E-state index contributed by atoms with van der Waals surface area (Å²) in [6.45, 7) is 6.47. The number of para-hydroxylation sites is 1. The Labute approximate surface area is 205 Å². The summed E-state index contributed by atoms with van der Waals surface area (Å²) >= 11 is 0. The minimum absolute atomic E-state index is 0. The fourth-order valence-corrected chi connectivity index (χ4v) is 3.82. The van der Waals surface area contributed by atoms with E-state index in [1.54, 1.807) is 36.1 Å². The third kappa shape index (κ3) is 6.60. The van der Waals surface area contributed by atoms with E-state index in [4.69, 9.17) is 19.9 Å². The molecule has 0 unspecified atom stereocenters. The number of hydrogen-bond acceptors (Lipinski definition) is 9. The van der Waals surface area contributed by atoms with Crippen LogP contribution >= 0.6 is 0 Å². The number of carbonyl (C=O) groups excluding carboxylic acids is 2. The van der Waals surface area contributed by atoms with Gasteiger partial charge in [0.2, 0.25) is 5.88 Å². The van der Waals surface area contributed by atoms with Gasteiger partial charge < -0.3 is 31.0 Å². The average Bonchev–Trinajstić information content (AvgIpc) is 2.84. The molecule has 0 spiro atoms. The van der Waals surface area contributed by atoms with E-state index in [2.05, 4.69) is 15.5 Å². The topological polar surface area (TPSA) is 163 Å². The first-order valence-electron chi connectivity index (χ1n) is 11.3. The van der Waals surface area contributed by atoms with Gasteiger partial charge in [0.1, 0.15) is 18.2 Å². The number of likely N-dealkylation sites (tertiary alicyclic amines) is 1. The van der Waals surface area contributed by atoms with Crippen LogP contribution in [-0.4, -0.2) is 60.0 Å². The molecule has 0 bridgehead atoms. The molecule has 11 nitrogen and oxygen atoms in total. The molecule has 1 amide bonds. The van der Waals surface area contributed by atoms with E-state index in [0.717, 1.165) is 12.8 Å². The number of aromatic nitrogens is 1. The highest BCUT2D eigenvalue weighted by molar-refractivity contribution is 6.00. The van der Waals surface area contributed by atoms with Crippen LogP contribution in [0.1, 0.15) is 54.3 Å². The smallest absolute Gasteiger partial charge is 0.347 e. The fraction of sp³-hybridized carbons (Fsp3) is 0.417. The summed E-state index contributed by atoms with van der Waals surface area (Å²) < 4.78 is 17.0. The highest BCUT2D eigenvalue weighted by Crippen LogP contribution is 2.31. The summed E-state index contributed by atoms with van der Waals surface area (Å²) in [5.74, 6) is -0.233. The van der Waals surface area contributed by atoms with Gasteiger partial charge in [0.05, 0.1) is 31.0 Å². The molecule has 0 aliphatic carbocycles. The molecule has 190 valence electrons. The van der Waals surface area contributed by atoms with Gasteiger partial charge in [0, 0.05) is 12.2 Å². The van der Waals surface area contributed by atoms with E-state index in [1.807, 2.05) is 19.9 Å². The first-order chi connectivity index (χ1) is 16.5. The predicted octanol–water partition coefficient (Wildman–Crippen LogP) is 3.21. The minimum Gasteiger partial charge on any atom is -0.493 e. The van der Waals surface area contributed by atoms with Crippen molar-refractivity contribution in [2.24, 2.45) is 10.8 Å². The van der Waals surface area contributed by atoms with Crippen LogP contribution in [-0.2, 0) is 4.74 Å². The van der Waals surface area contributed by atoms with Crippen molar-refractivity contribution in [2.45, 2.75) is 45.8 Å². The van der Waals surface area contributed by atoms with Crippen molar-refractivity contribution in [1.82, 2.24) is 16.0 Å². The Bertz CT molecular complexity index is 1030. The van der Waals surface area contributed by atoms with Crippen molar-refractivity contribution in [3.8, 4) is 11.6 Å². The zero-order valence-corrected chi connectivity index (χ0v) is 20.4. The summed E-state index contributed by atoms with van der Waals surface area (Å²) in [4.78, 5) is 32.1. The number of ether oxygens (including phenoxy) is 3. The van der Waals surface area contributed by atoms with Gasteiger partial charge in [-0.2, -0.15) is 5.10 Å². The van der Waals surface area contributed by atoms with Gasteiger partial charge in [-0.3, -0.25) is 10.2 Å². The normalized spacial score (nSPS) is 17.4. The second-order valence-electron chi connectivity index (χ2n) is 7.70. The summed E-state index contributed by atoms with van der Waals surface area (Å²) in [6, 6.07) is 8.71. The van der Waals surface area contributed by atoms with Crippen LogP contribution in [0.4, 0.5) is 5.69 Å². The SMILES string of the molecule is CCOC(=O)c1c(OCC)ccnc1O[C@@H]1CC[C@@H](C)N(C(=O)c2ccccc2N/N=C\N)C1.N. The number of nitrogens with zero attached hydrogens (tertiary/aromatic N) is 3. The van der Waals surface area contributed by atoms with Crippen molar-refractivity contribution >= 4 is 23.9 Å². The highest BCUT2D eigenvalue weighted by atomic mass is 16.5. The molecular weight excluding hydrogens is 452 g/mol. The lowest BCUT2D eigenvalue weighted by Crippen LogP contribution is -2.49. The maximum absolute atomic E-state index is 13.4. The van der Waals surface area contributed by atoms with Crippen LogP contribution in [0.15, 0.2) is 41.6 Å². The molecule has 0 saturated carbocycles. The molecule has 1 aliphatic heterocycles. The zero-order chi connectivity index (χ0) is 24.5. The Morgan fingerprint density at radius 2 is 2.00 bits per heavy atom. The quantitative estimate of drug-likeness (QED) is 0.209. The van der Waals surface area contributed by atoms with E-state index in [9.17, 15) is 9.59 Å². The van der Waals surface area contributed by atoms with Gasteiger partial charge in [-0.05, 0) is 51.8 Å². The highest BCUT2D eigenvalue weighted by Gasteiger charge is 2.33. The summed E-state index contributed by atoms with van der Waals surface area (Å²) in [5, 5.41) is 3.83. The molecule has 0 radical (unpaired) electrons. The molecular formula is C24H34N6O5. The Morgan fingerprint density at radius 3 is 2.71 bits per heavy atom. The van der Waals surface area contributed by atoms with Gasteiger partial charge in [-0.15, -0.1) is 0 Å². The van der Waals surface area contributed by atoms with Crippen molar-refractivity contribution in [2.75, 3.05) is 25.2 Å². The van der Waals surface area contributed by atoms with Crippen molar-refractivity contribution in [3.05, 3.63) is 47.7 Å². The van der Waals surface area contributed by atoms with Crippen LogP contribution < -0.4 is 26.8 Å². The average molecular weight is 487 g/mol. The number of esters is 1. The number of nitrogens with two attached hydrogens (primary N) is 1. The van der Waals surface area contributed by atoms with E-state index >= 15 is 0 Å². The Balaban J connectivity index is 0.00000432. The Hall–Kier alpha value is -3.86.